The van der Waals surface area contributed by atoms with Crippen molar-refractivity contribution < 1.29 is 9.13 Å². The Morgan fingerprint density at radius 1 is 1.19 bits per heavy atom. The topological polar surface area (TPSA) is 22.1 Å². The lowest BCUT2D eigenvalue weighted by atomic mass is 10.3. The van der Waals surface area contributed by atoms with E-state index in [1.54, 1.807) is 30.3 Å². The quantitative estimate of drug-likeness (QED) is 0.763. The van der Waals surface area contributed by atoms with Crippen LogP contribution in [0, 0.1) is 5.82 Å². The molecule has 0 spiro atoms. The molecule has 0 fully saturated rings. The van der Waals surface area contributed by atoms with Gasteiger partial charge in [0.1, 0.15) is 23.3 Å². The summed E-state index contributed by atoms with van der Waals surface area (Å²) in [6.45, 7) is 0.268. The predicted molar refractivity (Wildman–Crippen MR) is 60.0 cm³/mol. The highest BCUT2D eigenvalue weighted by Crippen LogP contribution is 2.14. The third kappa shape index (κ3) is 2.94. The largest absolute Gasteiger partial charge is 0.487 e. The summed E-state index contributed by atoms with van der Waals surface area (Å²) in [7, 11) is 0. The van der Waals surface area contributed by atoms with Crippen molar-refractivity contribution in [2.75, 3.05) is 0 Å². The van der Waals surface area contributed by atoms with Gasteiger partial charge in [-0.25, -0.2) is 9.37 Å². The summed E-state index contributed by atoms with van der Waals surface area (Å²) in [4.78, 5) is 4.06. The highest BCUT2D eigenvalue weighted by molar-refractivity contribution is 6.29. The molecule has 0 atom stereocenters. The van der Waals surface area contributed by atoms with E-state index in [-0.39, 0.29) is 12.4 Å². The number of halogens is 2. The van der Waals surface area contributed by atoms with Crippen LogP contribution in [0.15, 0.2) is 42.5 Å². The molecule has 0 saturated heterocycles. The van der Waals surface area contributed by atoms with Gasteiger partial charge in [0.15, 0.2) is 0 Å². The van der Waals surface area contributed by atoms with E-state index in [0.717, 1.165) is 0 Å². The van der Waals surface area contributed by atoms with Crippen LogP contribution in [0.4, 0.5) is 4.39 Å². The predicted octanol–water partition coefficient (Wildman–Crippen LogP) is 3.45. The lowest BCUT2D eigenvalue weighted by molar-refractivity contribution is 0.300. The third-order valence-corrected chi connectivity index (χ3v) is 2.17. The summed E-state index contributed by atoms with van der Waals surface area (Å²) < 4.78 is 18.2. The van der Waals surface area contributed by atoms with Crippen LogP contribution < -0.4 is 4.74 Å². The highest BCUT2D eigenvalue weighted by Gasteiger charge is 1.99. The fraction of sp³-hybridized carbons (Fsp3) is 0.0833. The molecule has 0 saturated carbocycles. The first-order chi connectivity index (χ1) is 7.74. The first-order valence-corrected chi connectivity index (χ1v) is 5.11. The SMILES string of the molecule is Fc1cccc(OCc2cccc(Cl)n2)c1. The molecule has 0 bridgehead atoms. The van der Waals surface area contributed by atoms with Crippen LogP contribution >= 0.6 is 11.6 Å². The van der Waals surface area contributed by atoms with Crippen molar-refractivity contribution in [3.8, 4) is 5.75 Å². The van der Waals surface area contributed by atoms with Crippen LogP contribution in [0.2, 0.25) is 5.15 Å². The molecule has 0 N–H and O–H groups in total. The molecular formula is C12H9ClFNO. The number of hydrogen-bond acceptors (Lipinski definition) is 2. The molecule has 2 nitrogen and oxygen atoms in total. The maximum absolute atomic E-state index is 12.8. The minimum atomic E-state index is -0.323. The number of hydrogen-bond donors (Lipinski definition) is 0. The number of benzene rings is 1. The molecule has 82 valence electrons. The molecule has 2 aromatic rings. The molecule has 1 aromatic carbocycles. The maximum atomic E-state index is 12.8. The van der Waals surface area contributed by atoms with E-state index < -0.39 is 0 Å². The zero-order valence-corrected chi connectivity index (χ0v) is 9.12. The van der Waals surface area contributed by atoms with Gasteiger partial charge in [-0.15, -0.1) is 0 Å². The van der Waals surface area contributed by atoms with E-state index >= 15 is 0 Å². The summed E-state index contributed by atoms with van der Waals surface area (Å²) >= 11 is 5.73. The summed E-state index contributed by atoms with van der Waals surface area (Å²) in [6, 6.07) is 11.2. The van der Waals surface area contributed by atoms with Crippen molar-refractivity contribution in [3.63, 3.8) is 0 Å². The van der Waals surface area contributed by atoms with Crippen molar-refractivity contribution in [2.24, 2.45) is 0 Å². The number of pyridine rings is 1. The Bertz CT molecular complexity index is 444. The van der Waals surface area contributed by atoms with Gasteiger partial charge in [0, 0.05) is 6.07 Å². The van der Waals surface area contributed by atoms with Crippen molar-refractivity contribution in [3.05, 3.63) is 59.1 Å². The molecule has 0 amide bonds. The lowest BCUT2D eigenvalue weighted by Crippen LogP contribution is -1.98. The summed E-state index contributed by atoms with van der Waals surface area (Å²) in [5.41, 5.74) is 0.705. The maximum Gasteiger partial charge on any atom is 0.130 e. The van der Waals surface area contributed by atoms with E-state index in [2.05, 4.69) is 4.98 Å². The Morgan fingerprint density at radius 3 is 2.75 bits per heavy atom. The van der Waals surface area contributed by atoms with Crippen LogP contribution in [0.5, 0.6) is 5.75 Å². The summed E-state index contributed by atoms with van der Waals surface area (Å²) in [6.07, 6.45) is 0. The van der Waals surface area contributed by atoms with Gasteiger partial charge < -0.3 is 4.74 Å². The van der Waals surface area contributed by atoms with Gasteiger partial charge in [-0.3, -0.25) is 0 Å². The van der Waals surface area contributed by atoms with E-state index in [1.807, 2.05) is 0 Å². The van der Waals surface area contributed by atoms with E-state index in [1.165, 1.54) is 12.1 Å². The summed E-state index contributed by atoms with van der Waals surface area (Å²) in [5, 5.41) is 0.417. The smallest absolute Gasteiger partial charge is 0.130 e. The fourth-order valence-corrected chi connectivity index (χ4v) is 1.43. The first kappa shape index (κ1) is 10.9. The first-order valence-electron chi connectivity index (χ1n) is 4.74. The number of nitrogens with zero attached hydrogens (tertiary/aromatic N) is 1. The third-order valence-electron chi connectivity index (χ3n) is 1.96. The normalized spacial score (nSPS) is 10.1. The van der Waals surface area contributed by atoms with Gasteiger partial charge in [0.05, 0.1) is 5.69 Å². The lowest BCUT2D eigenvalue weighted by Gasteiger charge is -2.05. The van der Waals surface area contributed by atoms with Crippen LogP contribution in [0.3, 0.4) is 0 Å². The second-order valence-electron chi connectivity index (χ2n) is 3.20. The molecule has 4 heteroatoms. The standard InChI is InChI=1S/C12H9ClFNO/c13-12-6-2-4-10(15-12)8-16-11-5-1-3-9(14)7-11/h1-7H,8H2. The van der Waals surface area contributed by atoms with E-state index in [0.29, 0.717) is 16.6 Å². The van der Waals surface area contributed by atoms with Gasteiger partial charge in [-0.2, -0.15) is 0 Å². The Labute approximate surface area is 97.7 Å². The van der Waals surface area contributed by atoms with Crippen LogP contribution in [0.1, 0.15) is 5.69 Å². The van der Waals surface area contributed by atoms with Crippen molar-refractivity contribution in [2.45, 2.75) is 6.61 Å². The second kappa shape index (κ2) is 4.94. The van der Waals surface area contributed by atoms with Crippen LogP contribution in [-0.4, -0.2) is 4.98 Å². The van der Waals surface area contributed by atoms with Crippen molar-refractivity contribution in [1.82, 2.24) is 4.98 Å². The van der Waals surface area contributed by atoms with Crippen LogP contribution in [-0.2, 0) is 6.61 Å². The molecule has 0 aliphatic carbocycles. The van der Waals surface area contributed by atoms with Gasteiger partial charge in [0.25, 0.3) is 0 Å². The minimum Gasteiger partial charge on any atom is -0.487 e. The van der Waals surface area contributed by atoms with Crippen LogP contribution in [0.25, 0.3) is 0 Å². The number of ether oxygens (including phenoxy) is 1. The molecule has 1 aromatic heterocycles. The molecule has 2 rings (SSSR count). The average Bonchev–Trinajstić information content (AvgIpc) is 2.27. The Morgan fingerprint density at radius 2 is 2.00 bits per heavy atom. The molecule has 0 unspecified atom stereocenters. The van der Waals surface area contributed by atoms with Gasteiger partial charge in [-0.1, -0.05) is 23.7 Å². The van der Waals surface area contributed by atoms with Crippen molar-refractivity contribution in [1.29, 1.82) is 0 Å². The summed E-state index contributed by atoms with van der Waals surface area (Å²) in [5.74, 6) is 0.151. The highest BCUT2D eigenvalue weighted by atomic mass is 35.5. The Hall–Kier alpha value is -1.61. The molecule has 0 aliphatic heterocycles. The Kier molecular flexibility index (Phi) is 3.37. The molecule has 0 aliphatic rings. The number of aromatic nitrogens is 1. The minimum absolute atomic E-state index is 0.268. The molecular weight excluding hydrogens is 229 g/mol. The fourth-order valence-electron chi connectivity index (χ4n) is 1.24. The zero-order valence-electron chi connectivity index (χ0n) is 8.36. The van der Waals surface area contributed by atoms with Gasteiger partial charge in [0.2, 0.25) is 0 Å². The molecule has 0 radical (unpaired) electrons. The molecule has 1 heterocycles. The van der Waals surface area contributed by atoms with E-state index in [9.17, 15) is 4.39 Å². The van der Waals surface area contributed by atoms with Gasteiger partial charge in [-0.05, 0) is 24.3 Å². The monoisotopic (exact) mass is 237 g/mol. The zero-order chi connectivity index (χ0) is 11.4. The Balaban J connectivity index is 2.02. The second-order valence-corrected chi connectivity index (χ2v) is 3.58. The van der Waals surface area contributed by atoms with Gasteiger partial charge >= 0.3 is 0 Å². The number of rotatable bonds is 3. The van der Waals surface area contributed by atoms with E-state index in [4.69, 9.17) is 16.3 Å². The average molecular weight is 238 g/mol. The van der Waals surface area contributed by atoms with Crippen molar-refractivity contribution >= 4 is 11.6 Å². The molecule has 16 heavy (non-hydrogen) atoms.